The van der Waals surface area contributed by atoms with E-state index in [0.717, 1.165) is 18.1 Å². The third-order valence-corrected chi connectivity index (χ3v) is 6.38. The third kappa shape index (κ3) is 4.57. The molecular formula is C27H30ClN. The van der Waals surface area contributed by atoms with Crippen molar-refractivity contribution in [1.82, 2.24) is 4.90 Å². The Bertz CT molecular complexity index is 945. The summed E-state index contributed by atoms with van der Waals surface area (Å²) in [5, 5.41) is 0.812. The highest BCUT2D eigenvalue weighted by Gasteiger charge is 2.25. The zero-order valence-electron chi connectivity index (χ0n) is 17.4. The summed E-state index contributed by atoms with van der Waals surface area (Å²) in [6.45, 7) is 6.69. The number of benzene rings is 3. The number of hydrogen-bond acceptors (Lipinski definition) is 1. The van der Waals surface area contributed by atoms with E-state index < -0.39 is 0 Å². The first-order valence-electron chi connectivity index (χ1n) is 10.8. The minimum Gasteiger partial charge on any atom is -0.292 e. The predicted octanol–water partition coefficient (Wildman–Crippen LogP) is 7.86. The molecular weight excluding hydrogens is 374 g/mol. The van der Waals surface area contributed by atoms with Gasteiger partial charge in [-0.15, -0.1) is 0 Å². The molecule has 0 spiro atoms. The van der Waals surface area contributed by atoms with Crippen molar-refractivity contribution in [3.05, 3.63) is 94.5 Å². The highest BCUT2D eigenvalue weighted by Crippen LogP contribution is 2.36. The van der Waals surface area contributed by atoms with Crippen molar-refractivity contribution >= 4 is 11.6 Å². The maximum Gasteiger partial charge on any atom is 0.0406 e. The monoisotopic (exact) mass is 403 g/mol. The summed E-state index contributed by atoms with van der Waals surface area (Å²) in [5.74, 6) is 0.510. The Morgan fingerprint density at radius 1 is 0.862 bits per heavy atom. The lowest BCUT2D eigenvalue weighted by Crippen LogP contribution is -2.33. The molecule has 1 fully saturated rings. The van der Waals surface area contributed by atoms with Gasteiger partial charge in [0.25, 0.3) is 0 Å². The van der Waals surface area contributed by atoms with Crippen LogP contribution in [0.4, 0.5) is 0 Å². The lowest BCUT2D eigenvalue weighted by Gasteiger charge is -2.36. The predicted molar refractivity (Wildman–Crippen MR) is 124 cm³/mol. The van der Waals surface area contributed by atoms with Gasteiger partial charge in [-0.1, -0.05) is 92.5 Å². The largest absolute Gasteiger partial charge is 0.292 e. The van der Waals surface area contributed by atoms with Crippen LogP contribution in [0.25, 0.3) is 11.1 Å². The molecule has 1 unspecified atom stereocenters. The van der Waals surface area contributed by atoms with Crippen molar-refractivity contribution in [2.75, 3.05) is 6.54 Å². The molecule has 3 aromatic rings. The van der Waals surface area contributed by atoms with E-state index in [1.54, 1.807) is 0 Å². The van der Waals surface area contributed by atoms with E-state index in [2.05, 4.69) is 79.4 Å². The van der Waals surface area contributed by atoms with E-state index in [1.807, 2.05) is 12.1 Å². The number of hydrogen-bond donors (Lipinski definition) is 0. The Hall–Kier alpha value is -2.09. The van der Waals surface area contributed by atoms with Crippen LogP contribution in [0.2, 0.25) is 5.02 Å². The quantitative estimate of drug-likeness (QED) is 0.419. The van der Waals surface area contributed by atoms with Gasteiger partial charge in [0, 0.05) is 17.6 Å². The van der Waals surface area contributed by atoms with E-state index in [-0.39, 0.29) is 0 Å². The van der Waals surface area contributed by atoms with Crippen molar-refractivity contribution in [2.24, 2.45) is 0 Å². The van der Waals surface area contributed by atoms with Crippen LogP contribution in [0, 0.1) is 0 Å². The fourth-order valence-corrected chi connectivity index (χ4v) is 4.75. The Balaban J connectivity index is 1.67. The summed E-state index contributed by atoms with van der Waals surface area (Å²) >= 11 is 6.13. The van der Waals surface area contributed by atoms with Crippen molar-refractivity contribution in [3.63, 3.8) is 0 Å². The second-order valence-electron chi connectivity index (χ2n) is 8.43. The average molecular weight is 404 g/mol. The van der Waals surface area contributed by atoms with Crippen LogP contribution in [-0.2, 0) is 6.54 Å². The number of likely N-dealkylation sites (tertiary alicyclic amines) is 1. The first-order chi connectivity index (χ1) is 14.1. The molecule has 0 bridgehead atoms. The van der Waals surface area contributed by atoms with E-state index >= 15 is 0 Å². The van der Waals surface area contributed by atoms with Crippen molar-refractivity contribution in [1.29, 1.82) is 0 Å². The summed E-state index contributed by atoms with van der Waals surface area (Å²) in [7, 11) is 0. The van der Waals surface area contributed by atoms with E-state index in [0.29, 0.717) is 12.0 Å². The average Bonchev–Trinajstić information content (AvgIpc) is 2.75. The third-order valence-electron chi connectivity index (χ3n) is 6.13. The summed E-state index contributed by atoms with van der Waals surface area (Å²) in [4.78, 5) is 2.66. The maximum atomic E-state index is 6.13. The van der Waals surface area contributed by atoms with Crippen LogP contribution in [0.15, 0.2) is 72.8 Å². The van der Waals surface area contributed by atoms with Crippen LogP contribution < -0.4 is 0 Å². The summed E-state index contributed by atoms with van der Waals surface area (Å²) in [6.07, 6.45) is 3.78. The van der Waals surface area contributed by atoms with Gasteiger partial charge in [0.05, 0.1) is 0 Å². The summed E-state index contributed by atoms with van der Waals surface area (Å²) < 4.78 is 0. The van der Waals surface area contributed by atoms with E-state index in [1.165, 1.54) is 47.1 Å². The molecule has 0 radical (unpaired) electrons. The van der Waals surface area contributed by atoms with Crippen LogP contribution >= 0.6 is 11.6 Å². The molecule has 0 N–H and O–H groups in total. The lowest BCUT2D eigenvalue weighted by molar-refractivity contribution is 0.140. The minimum atomic E-state index is 0.467. The molecule has 0 aliphatic carbocycles. The number of nitrogens with zero attached hydrogens (tertiary/aromatic N) is 1. The van der Waals surface area contributed by atoms with E-state index in [4.69, 9.17) is 11.6 Å². The zero-order valence-corrected chi connectivity index (χ0v) is 18.2. The Morgan fingerprint density at radius 3 is 2.31 bits per heavy atom. The molecule has 0 saturated carbocycles. The molecule has 1 nitrogen and oxygen atoms in total. The molecule has 150 valence electrons. The Labute approximate surface area is 180 Å². The molecule has 1 atom stereocenters. The molecule has 29 heavy (non-hydrogen) atoms. The maximum absolute atomic E-state index is 6.13. The van der Waals surface area contributed by atoms with Gasteiger partial charge in [0.2, 0.25) is 0 Å². The van der Waals surface area contributed by atoms with Crippen LogP contribution in [0.5, 0.6) is 0 Å². The number of rotatable bonds is 5. The SMILES string of the molecule is CC(C)c1ccccc1-c1ccccc1CN1CCCCC1c1ccc(Cl)cc1. The summed E-state index contributed by atoms with van der Waals surface area (Å²) in [5.41, 5.74) is 6.97. The van der Waals surface area contributed by atoms with Gasteiger partial charge in [-0.3, -0.25) is 4.90 Å². The highest BCUT2D eigenvalue weighted by atomic mass is 35.5. The molecule has 4 rings (SSSR count). The van der Waals surface area contributed by atoms with Gasteiger partial charge in [-0.05, 0) is 65.3 Å². The molecule has 3 aromatic carbocycles. The van der Waals surface area contributed by atoms with Gasteiger partial charge >= 0.3 is 0 Å². The first-order valence-corrected chi connectivity index (χ1v) is 11.2. The number of piperidine rings is 1. The fourth-order valence-electron chi connectivity index (χ4n) is 4.63. The molecule has 2 heteroatoms. The van der Waals surface area contributed by atoms with Gasteiger partial charge in [0.15, 0.2) is 0 Å². The normalized spacial score (nSPS) is 17.6. The molecule has 1 aliphatic rings. The fraction of sp³-hybridized carbons (Fsp3) is 0.333. The van der Waals surface area contributed by atoms with Crippen molar-refractivity contribution in [3.8, 4) is 11.1 Å². The Morgan fingerprint density at radius 2 is 1.55 bits per heavy atom. The molecule has 1 aliphatic heterocycles. The molecule has 1 saturated heterocycles. The lowest BCUT2D eigenvalue weighted by atomic mass is 9.89. The standard InChI is InChI=1S/C27H30ClN/c1-20(2)24-10-5-6-12-26(24)25-11-4-3-9-22(25)19-29-18-8-7-13-27(29)21-14-16-23(28)17-15-21/h3-6,9-12,14-17,20,27H,7-8,13,18-19H2,1-2H3. The minimum absolute atomic E-state index is 0.467. The van der Waals surface area contributed by atoms with Gasteiger partial charge in [-0.2, -0.15) is 0 Å². The zero-order chi connectivity index (χ0) is 20.2. The van der Waals surface area contributed by atoms with Gasteiger partial charge < -0.3 is 0 Å². The topological polar surface area (TPSA) is 3.24 Å². The second-order valence-corrected chi connectivity index (χ2v) is 8.87. The van der Waals surface area contributed by atoms with Crippen LogP contribution in [-0.4, -0.2) is 11.4 Å². The van der Waals surface area contributed by atoms with Gasteiger partial charge in [-0.25, -0.2) is 0 Å². The molecule has 0 aromatic heterocycles. The Kier molecular flexibility index (Phi) is 6.37. The summed E-state index contributed by atoms with van der Waals surface area (Å²) in [6, 6.07) is 26.7. The second kappa shape index (κ2) is 9.15. The van der Waals surface area contributed by atoms with E-state index in [9.17, 15) is 0 Å². The van der Waals surface area contributed by atoms with Crippen LogP contribution in [0.3, 0.4) is 0 Å². The van der Waals surface area contributed by atoms with Crippen molar-refractivity contribution in [2.45, 2.75) is 51.6 Å². The van der Waals surface area contributed by atoms with Crippen LogP contribution in [0.1, 0.15) is 61.8 Å². The highest BCUT2D eigenvalue weighted by molar-refractivity contribution is 6.30. The molecule has 0 amide bonds. The van der Waals surface area contributed by atoms with Gasteiger partial charge in [0.1, 0.15) is 0 Å². The number of halogens is 1. The molecule has 1 heterocycles. The van der Waals surface area contributed by atoms with Crippen molar-refractivity contribution < 1.29 is 0 Å². The first kappa shape index (κ1) is 20.2. The smallest absolute Gasteiger partial charge is 0.0406 e.